The molecule has 0 aliphatic carbocycles. The molecule has 0 fully saturated rings. The molecular formula is C28H28N2O2. The lowest BCUT2D eigenvalue weighted by Crippen LogP contribution is -2.40. The number of fused-ring (bicyclic) bond motifs is 3. The van der Waals surface area contributed by atoms with Crippen LogP contribution in [0, 0.1) is 0 Å². The maximum absolute atomic E-state index is 13.5. The fourth-order valence-corrected chi connectivity index (χ4v) is 4.84. The molecule has 32 heavy (non-hydrogen) atoms. The van der Waals surface area contributed by atoms with E-state index in [2.05, 4.69) is 53.5 Å². The Kier molecular flexibility index (Phi) is 5.68. The summed E-state index contributed by atoms with van der Waals surface area (Å²) in [5, 5.41) is 1.25. The van der Waals surface area contributed by atoms with Crippen LogP contribution in [0.5, 0.6) is 5.75 Å². The van der Waals surface area contributed by atoms with Crippen molar-refractivity contribution in [3.63, 3.8) is 0 Å². The van der Waals surface area contributed by atoms with Gasteiger partial charge in [0.05, 0.1) is 12.6 Å². The second-order valence-corrected chi connectivity index (χ2v) is 8.29. The Morgan fingerprint density at radius 3 is 2.69 bits per heavy atom. The first-order chi connectivity index (χ1) is 15.7. The van der Waals surface area contributed by atoms with E-state index in [1.54, 1.807) is 0 Å². The van der Waals surface area contributed by atoms with Gasteiger partial charge in [0.1, 0.15) is 5.75 Å². The first-order valence-corrected chi connectivity index (χ1v) is 11.4. The van der Waals surface area contributed by atoms with E-state index in [1.165, 1.54) is 16.5 Å². The summed E-state index contributed by atoms with van der Waals surface area (Å²) in [4.78, 5) is 19.2. The van der Waals surface area contributed by atoms with Crippen molar-refractivity contribution in [1.82, 2.24) is 9.88 Å². The summed E-state index contributed by atoms with van der Waals surface area (Å²) < 4.78 is 5.77. The lowest BCUT2D eigenvalue weighted by atomic mass is 9.91. The van der Waals surface area contributed by atoms with Crippen LogP contribution < -0.4 is 4.74 Å². The van der Waals surface area contributed by atoms with Crippen molar-refractivity contribution in [2.24, 2.45) is 0 Å². The molecule has 5 rings (SSSR count). The van der Waals surface area contributed by atoms with Gasteiger partial charge in [-0.1, -0.05) is 60.7 Å². The Balaban J connectivity index is 1.52. The van der Waals surface area contributed by atoms with E-state index in [1.807, 2.05) is 42.2 Å². The number of aryl methyl sites for hydroxylation is 1. The van der Waals surface area contributed by atoms with Crippen molar-refractivity contribution >= 4 is 16.8 Å². The van der Waals surface area contributed by atoms with Crippen LogP contribution in [0.15, 0.2) is 78.9 Å². The highest BCUT2D eigenvalue weighted by molar-refractivity contribution is 5.86. The van der Waals surface area contributed by atoms with Gasteiger partial charge < -0.3 is 14.6 Å². The predicted molar refractivity (Wildman–Crippen MR) is 128 cm³/mol. The molecule has 3 aromatic carbocycles. The third-order valence-corrected chi connectivity index (χ3v) is 6.31. The topological polar surface area (TPSA) is 45.3 Å². The first kappa shape index (κ1) is 20.4. The summed E-state index contributed by atoms with van der Waals surface area (Å²) in [5.74, 6) is 1.02. The number of hydrogen-bond acceptors (Lipinski definition) is 2. The fourth-order valence-electron chi connectivity index (χ4n) is 4.84. The second kappa shape index (κ2) is 8.91. The highest BCUT2D eigenvalue weighted by Gasteiger charge is 2.34. The Hall–Kier alpha value is -3.53. The van der Waals surface area contributed by atoms with Gasteiger partial charge in [-0.3, -0.25) is 4.79 Å². The van der Waals surface area contributed by atoms with Gasteiger partial charge >= 0.3 is 0 Å². The summed E-state index contributed by atoms with van der Waals surface area (Å²) in [6.07, 6.45) is 2.11. The third-order valence-electron chi connectivity index (χ3n) is 6.31. The zero-order valence-corrected chi connectivity index (χ0v) is 18.4. The molecule has 162 valence electrons. The molecule has 1 aromatic heterocycles. The van der Waals surface area contributed by atoms with E-state index in [9.17, 15) is 4.79 Å². The molecule has 0 unspecified atom stereocenters. The normalized spacial score (nSPS) is 15.5. The molecule has 1 aliphatic heterocycles. The highest BCUT2D eigenvalue weighted by Crippen LogP contribution is 2.39. The van der Waals surface area contributed by atoms with Gasteiger partial charge in [0.25, 0.3) is 0 Å². The second-order valence-electron chi connectivity index (χ2n) is 8.29. The molecule has 1 N–H and O–H groups in total. The molecule has 4 aromatic rings. The number of carbonyl (C=O) groups excluding carboxylic acids is 1. The monoisotopic (exact) mass is 424 g/mol. The molecule has 0 radical (unpaired) electrons. The number of hydrogen-bond donors (Lipinski definition) is 1. The van der Waals surface area contributed by atoms with Crippen LogP contribution in [0.4, 0.5) is 0 Å². The standard InChI is InChI=1S/C28H28N2O2/c1-2-32-22-12-8-11-21(19-22)28-27-24(23-13-6-7-14-25(23)29-27)17-18-30(28)26(31)16-15-20-9-4-3-5-10-20/h3-14,19,28-29H,2,15-18H2,1H3/t28-/m1/s1. The number of ether oxygens (including phenoxy) is 1. The first-order valence-electron chi connectivity index (χ1n) is 11.4. The molecular weight excluding hydrogens is 396 g/mol. The zero-order valence-electron chi connectivity index (χ0n) is 18.4. The third kappa shape index (κ3) is 3.89. The Bertz CT molecular complexity index is 1230. The van der Waals surface area contributed by atoms with E-state index in [-0.39, 0.29) is 11.9 Å². The van der Waals surface area contributed by atoms with Gasteiger partial charge in [-0.25, -0.2) is 0 Å². The molecule has 0 bridgehead atoms. The van der Waals surface area contributed by atoms with Crippen LogP contribution in [0.3, 0.4) is 0 Å². The van der Waals surface area contributed by atoms with Gasteiger partial charge in [-0.2, -0.15) is 0 Å². The number of nitrogens with zero attached hydrogens (tertiary/aromatic N) is 1. The van der Waals surface area contributed by atoms with Crippen LogP contribution in [0.2, 0.25) is 0 Å². The van der Waals surface area contributed by atoms with Crippen molar-refractivity contribution < 1.29 is 9.53 Å². The average Bonchev–Trinajstić information content (AvgIpc) is 3.22. The van der Waals surface area contributed by atoms with Gasteiger partial charge in [0, 0.05) is 29.6 Å². The van der Waals surface area contributed by atoms with Crippen LogP contribution in [0.1, 0.15) is 41.8 Å². The number of rotatable bonds is 6. The SMILES string of the molecule is CCOc1cccc([C@@H]2c3[nH]c4ccccc4c3CCN2C(=O)CCc2ccccc2)c1. The molecule has 0 saturated heterocycles. The van der Waals surface area contributed by atoms with E-state index < -0.39 is 0 Å². The molecule has 0 saturated carbocycles. The minimum Gasteiger partial charge on any atom is -0.494 e. The number of H-pyrrole nitrogens is 1. The van der Waals surface area contributed by atoms with Crippen molar-refractivity contribution in [1.29, 1.82) is 0 Å². The molecule has 1 atom stereocenters. The predicted octanol–water partition coefficient (Wildman–Crippen LogP) is 5.67. The van der Waals surface area contributed by atoms with Gasteiger partial charge in [0.2, 0.25) is 5.91 Å². The van der Waals surface area contributed by atoms with E-state index in [4.69, 9.17) is 4.74 Å². The largest absolute Gasteiger partial charge is 0.494 e. The maximum atomic E-state index is 13.5. The molecule has 4 nitrogen and oxygen atoms in total. The molecule has 0 spiro atoms. The van der Waals surface area contributed by atoms with Crippen LogP contribution in [-0.4, -0.2) is 28.9 Å². The highest BCUT2D eigenvalue weighted by atomic mass is 16.5. The van der Waals surface area contributed by atoms with E-state index >= 15 is 0 Å². The molecule has 2 heterocycles. The number of nitrogens with one attached hydrogen (secondary N) is 1. The van der Waals surface area contributed by atoms with Crippen molar-refractivity contribution in [3.05, 3.63) is 101 Å². The summed E-state index contributed by atoms with van der Waals surface area (Å²) in [5.41, 5.74) is 5.84. The minimum atomic E-state index is -0.144. The number of para-hydroxylation sites is 1. The summed E-state index contributed by atoms with van der Waals surface area (Å²) in [6.45, 7) is 3.32. The van der Waals surface area contributed by atoms with Gasteiger partial charge in [-0.15, -0.1) is 0 Å². The Morgan fingerprint density at radius 2 is 1.84 bits per heavy atom. The van der Waals surface area contributed by atoms with Crippen molar-refractivity contribution in [2.75, 3.05) is 13.2 Å². The number of amides is 1. The smallest absolute Gasteiger partial charge is 0.223 e. The van der Waals surface area contributed by atoms with Crippen LogP contribution in [0.25, 0.3) is 10.9 Å². The van der Waals surface area contributed by atoms with E-state index in [0.29, 0.717) is 19.6 Å². The summed E-state index contributed by atoms with van der Waals surface area (Å²) in [7, 11) is 0. The Labute approximate surface area is 188 Å². The lowest BCUT2D eigenvalue weighted by molar-refractivity contribution is -0.133. The molecule has 1 aliphatic rings. The number of carbonyl (C=O) groups is 1. The number of aromatic amines is 1. The van der Waals surface area contributed by atoms with E-state index in [0.717, 1.165) is 35.4 Å². The van der Waals surface area contributed by atoms with Gasteiger partial charge in [0.15, 0.2) is 0 Å². The van der Waals surface area contributed by atoms with Crippen LogP contribution in [-0.2, 0) is 17.6 Å². The van der Waals surface area contributed by atoms with Gasteiger partial charge in [-0.05, 0) is 54.7 Å². The average molecular weight is 425 g/mol. The summed E-state index contributed by atoms with van der Waals surface area (Å²) >= 11 is 0. The van der Waals surface area contributed by atoms with Crippen molar-refractivity contribution in [2.45, 2.75) is 32.2 Å². The zero-order chi connectivity index (χ0) is 21.9. The summed E-state index contributed by atoms with van der Waals surface area (Å²) in [6, 6.07) is 26.7. The Morgan fingerprint density at radius 1 is 1.03 bits per heavy atom. The lowest BCUT2D eigenvalue weighted by Gasteiger charge is -2.36. The number of aromatic nitrogens is 1. The quantitative estimate of drug-likeness (QED) is 0.433. The van der Waals surface area contributed by atoms with Crippen molar-refractivity contribution in [3.8, 4) is 5.75 Å². The molecule has 1 amide bonds. The minimum absolute atomic E-state index is 0.144. The maximum Gasteiger partial charge on any atom is 0.223 e. The number of benzene rings is 3. The fraction of sp³-hybridized carbons (Fsp3) is 0.250. The molecule has 4 heteroatoms. The van der Waals surface area contributed by atoms with Crippen LogP contribution >= 0.6 is 0 Å².